The molecule has 0 aromatic heterocycles. The molecule has 6 aromatic carbocycles. The van der Waals surface area contributed by atoms with Gasteiger partial charge in [0.1, 0.15) is 0 Å². The molecule has 0 N–H and O–H groups in total. The van der Waals surface area contributed by atoms with Crippen LogP contribution in [0.15, 0.2) is 149 Å². The first-order valence-electron chi connectivity index (χ1n) is 19.3. The molecule has 0 amide bonds. The number of halogens is 3. The molecule has 0 bridgehead atoms. The molecular formula is C52H49Cl3Zr. The van der Waals surface area contributed by atoms with E-state index in [0.717, 1.165) is 17.9 Å². The van der Waals surface area contributed by atoms with Gasteiger partial charge in [0.2, 0.25) is 0 Å². The van der Waals surface area contributed by atoms with Crippen molar-refractivity contribution in [3.8, 4) is 33.4 Å². The summed E-state index contributed by atoms with van der Waals surface area (Å²) in [6, 6.07) is 48.0. The normalized spacial score (nSPS) is 13.3. The summed E-state index contributed by atoms with van der Waals surface area (Å²) in [6.45, 7) is 16.5. The molecule has 0 heterocycles. The molecule has 4 heteroatoms. The molecule has 0 spiro atoms. The van der Waals surface area contributed by atoms with Gasteiger partial charge in [-0.1, -0.05) is 0 Å². The molecule has 6 aromatic rings. The Morgan fingerprint density at radius 2 is 1.16 bits per heavy atom. The largest absolute Gasteiger partial charge is 1.00 e. The van der Waals surface area contributed by atoms with Crippen molar-refractivity contribution in [1.29, 1.82) is 0 Å². The molecule has 282 valence electrons. The quantitative estimate of drug-likeness (QED) is 0.163. The number of benzene rings is 6. The topological polar surface area (TPSA) is 0 Å². The molecule has 8 rings (SSSR count). The third kappa shape index (κ3) is 8.09. The van der Waals surface area contributed by atoms with Crippen molar-refractivity contribution < 1.29 is 46.1 Å². The zero-order chi connectivity index (χ0) is 37.8. The van der Waals surface area contributed by atoms with Crippen LogP contribution in [0.5, 0.6) is 0 Å². The minimum absolute atomic E-state index is 0. The predicted octanol–water partition coefficient (Wildman–Crippen LogP) is 7.51. The summed E-state index contributed by atoms with van der Waals surface area (Å²) in [5.74, 6) is 0. The van der Waals surface area contributed by atoms with Gasteiger partial charge < -0.3 is 24.8 Å². The molecule has 0 aliphatic heterocycles. The van der Waals surface area contributed by atoms with E-state index in [0.29, 0.717) is 0 Å². The molecule has 0 atom stereocenters. The summed E-state index contributed by atoms with van der Waals surface area (Å²) in [5.41, 5.74) is 17.8. The fourth-order valence-corrected chi connectivity index (χ4v) is 17.1. The van der Waals surface area contributed by atoms with Crippen molar-refractivity contribution in [2.45, 2.75) is 72.1 Å². The fourth-order valence-electron chi connectivity index (χ4n) is 8.50. The first kappa shape index (κ1) is 42.0. The Kier molecular flexibility index (Phi) is 12.6. The van der Waals surface area contributed by atoms with Gasteiger partial charge in [0, 0.05) is 0 Å². The number of fused-ring (bicyclic) bond motifs is 3. The molecule has 0 radical (unpaired) electrons. The summed E-state index contributed by atoms with van der Waals surface area (Å²) >= 11 is 3.52. The number of aryl methyl sites for hydroxylation is 1. The molecule has 2 aliphatic rings. The molecule has 0 saturated heterocycles. The second-order valence-corrected chi connectivity index (χ2v) is 23.4. The van der Waals surface area contributed by atoms with Crippen LogP contribution in [0.1, 0.15) is 86.9 Å². The summed E-state index contributed by atoms with van der Waals surface area (Å²) in [7, 11) is 0. The zero-order valence-corrected chi connectivity index (χ0v) is 38.1. The van der Waals surface area contributed by atoms with Gasteiger partial charge in [-0.25, -0.2) is 0 Å². The number of rotatable bonds is 6. The second-order valence-electron chi connectivity index (χ2n) is 17.1. The van der Waals surface area contributed by atoms with Crippen LogP contribution in [0, 0.1) is 6.92 Å². The number of allylic oxidation sites excluding steroid dienone is 4. The SMILES string of the molecule is Cc1ccc(/[C](c2ccc(Cl)cc2)=[Zr+2](\[C]2=CC=CC2)[c]2c3c(cc(C(C)(C)C)c2-c2ccccc2)-c2cc(C(C)(C)C)c(-c4ccccc4)cc2C3)cc1.[Cl-].[Cl-]. The summed E-state index contributed by atoms with van der Waals surface area (Å²) in [6.07, 6.45) is 9.08. The molecular weight excluding hydrogens is 822 g/mol. The standard InChI is InChI=1S/C33H33.C14H11Cl.C5H5.2ClH.Zr/c1-32(2,3)30-20-26-24(18-28(30)22-13-9-7-10-14-22)17-25-19-29(23-15-11-8-12-16-23)31(21-27(25)26)33(4,5)6;1-11-2-4-12(5-3-11)10-13-6-8-14(15)9-7-13;1-2-4-5-3-1;;;/h7-16,18,20-21H,17H2,1-6H3;2-9H,1H3;1-3H,4H2;2*1H;/q;;;;;+2/p-2. The van der Waals surface area contributed by atoms with Crippen molar-refractivity contribution in [2.75, 3.05) is 0 Å². The van der Waals surface area contributed by atoms with Gasteiger partial charge in [-0.2, -0.15) is 0 Å². The van der Waals surface area contributed by atoms with E-state index in [2.05, 4.69) is 194 Å². The van der Waals surface area contributed by atoms with Gasteiger partial charge in [0.05, 0.1) is 0 Å². The zero-order valence-electron chi connectivity index (χ0n) is 33.4. The van der Waals surface area contributed by atoms with Gasteiger partial charge in [-0.15, -0.1) is 0 Å². The monoisotopic (exact) mass is 868 g/mol. The Labute approximate surface area is 359 Å². The van der Waals surface area contributed by atoms with Crippen LogP contribution in [0.3, 0.4) is 0 Å². The van der Waals surface area contributed by atoms with Gasteiger partial charge in [0.15, 0.2) is 0 Å². The molecule has 56 heavy (non-hydrogen) atoms. The van der Waals surface area contributed by atoms with E-state index in [4.69, 9.17) is 11.6 Å². The minimum Gasteiger partial charge on any atom is -1.00 e. The van der Waals surface area contributed by atoms with Gasteiger partial charge in [-0.3, -0.25) is 0 Å². The van der Waals surface area contributed by atoms with Crippen molar-refractivity contribution >= 4 is 18.1 Å². The van der Waals surface area contributed by atoms with Crippen molar-refractivity contribution in [3.63, 3.8) is 0 Å². The van der Waals surface area contributed by atoms with Crippen LogP contribution in [-0.4, -0.2) is 3.21 Å². The molecule has 2 aliphatic carbocycles. The van der Waals surface area contributed by atoms with Crippen LogP contribution in [0.25, 0.3) is 33.4 Å². The van der Waals surface area contributed by atoms with Crippen LogP contribution >= 0.6 is 11.6 Å². The predicted molar refractivity (Wildman–Crippen MR) is 230 cm³/mol. The summed E-state index contributed by atoms with van der Waals surface area (Å²) in [5, 5.41) is 0.772. The van der Waals surface area contributed by atoms with Gasteiger partial charge in [-0.05, 0) is 0 Å². The van der Waals surface area contributed by atoms with Crippen LogP contribution in [-0.2, 0) is 38.5 Å². The van der Waals surface area contributed by atoms with Crippen molar-refractivity contribution in [3.05, 3.63) is 193 Å². The third-order valence-electron chi connectivity index (χ3n) is 11.2. The van der Waals surface area contributed by atoms with Gasteiger partial charge >= 0.3 is 338 Å². The van der Waals surface area contributed by atoms with Crippen LogP contribution in [0.2, 0.25) is 5.02 Å². The maximum absolute atomic E-state index is 6.60. The first-order chi connectivity index (χ1) is 25.9. The Morgan fingerprint density at radius 3 is 1.71 bits per heavy atom. The summed E-state index contributed by atoms with van der Waals surface area (Å²) in [4.78, 5) is 0. The smallest absolute Gasteiger partial charge is 1.00 e. The van der Waals surface area contributed by atoms with E-state index in [1.54, 1.807) is 6.55 Å². The first-order valence-corrected chi connectivity index (χ1v) is 23.4. The average molecular weight is 872 g/mol. The van der Waals surface area contributed by atoms with Crippen LogP contribution < -0.4 is 28.1 Å². The fraction of sp³-hybridized carbons (Fsp3) is 0.212. The average Bonchev–Trinajstić information content (AvgIpc) is 3.82. The van der Waals surface area contributed by atoms with E-state index in [1.807, 2.05) is 0 Å². The third-order valence-corrected chi connectivity index (χ3v) is 19.1. The Balaban J connectivity index is 0.00000266. The van der Waals surface area contributed by atoms with E-state index >= 15 is 0 Å². The molecule has 0 nitrogen and oxygen atoms in total. The molecule has 0 unspecified atom stereocenters. The summed E-state index contributed by atoms with van der Waals surface area (Å²) < 4.78 is 4.76. The maximum atomic E-state index is 6.60. The Bertz CT molecular complexity index is 2430. The number of hydrogen-bond donors (Lipinski definition) is 0. The van der Waals surface area contributed by atoms with Crippen molar-refractivity contribution in [2.24, 2.45) is 0 Å². The minimum atomic E-state index is -3.08. The van der Waals surface area contributed by atoms with E-state index in [9.17, 15) is 0 Å². The van der Waals surface area contributed by atoms with Crippen LogP contribution in [0.4, 0.5) is 0 Å². The number of hydrogen-bond acceptors (Lipinski definition) is 0. The Morgan fingerprint density at radius 1 is 0.607 bits per heavy atom. The second kappa shape index (κ2) is 16.7. The van der Waals surface area contributed by atoms with E-state index in [1.165, 1.54) is 75.5 Å². The van der Waals surface area contributed by atoms with Crippen molar-refractivity contribution in [1.82, 2.24) is 0 Å². The van der Waals surface area contributed by atoms with E-state index < -0.39 is 21.3 Å². The van der Waals surface area contributed by atoms with E-state index in [-0.39, 0.29) is 35.6 Å². The van der Waals surface area contributed by atoms with Gasteiger partial charge in [0.25, 0.3) is 0 Å². The molecule has 0 fully saturated rings. The molecule has 0 saturated carbocycles. The maximum Gasteiger partial charge on any atom is -1.00 e. The Hall–Kier alpha value is -3.58.